The number of hydrogen-bond acceptors (Lipinski definition) is 4. The summed E-state index contributed by atoms with van der Waals surface area (Å²) in [5, 5.41) is 9.50. The maximum absolute atomic E-state index is 11.4. The molecule has 0 heterocycles. The van der Waals surface area contributed by atoms with Crippen molar-refractivity contribution < 1.29 is 19.4 Å². The van der Waals surface area contributed by atoms with Gasteiger partial charge in [0.05, 0.1) is 18.8 Å². The molecule has 0 amide bonds. The lowest BCUT2D eigenvalue weighted by molar-refractivity contribution is 0.0526. The molecule has 0 radical (unpaired) electrons. The molecule has 0 aliphatic carbocycles. The van der Waals surface area contributed by atoms with Gasteiger partial charge in [-0.05, 0) is 31.5 Å². The van der Waals surface area contributed by atoms with Crippen LogP contribution in [0.4, 0.5) is 0 Å². The molecule has 4 heteroatoms. The number of phenols is 1. The molecule has 0 bridgehead atoms. The Labute approximate surface area is 94.8 Å². The average Bonchev–Trinajstić information content (AvgIpc) is 2.28. The molecule has 1 N–H and O–H groups in total. The highest BCUT2D eigenvalue weighted by Crippen LogP contribution is 2.27. The first kappa shape index (κ1) is 12.4. The monoisotopic (exact) mass is 224 g/mol. The van der Waals surface area contributed by atoms with E-state index in [9.17, 15) is 9.90 Å². The summed E-state index contributed by atoms with van der Waals surface area (Å²) in [6.07, 6.45) is 0.836. The Balaban J connectivity index is 2.84. The van der Waals surface area contributed by atoms with Crippen LogP contribution in [0.5, 0.6) is 11.5 Å². The summed E-state index contributed by atoms with van der Waals surface area (Å²) >= 11 is 0. The first-order valence-corrected chi connectivity index (χ1v) is 5.32. The van der Waals surface area contributed by atoms with Crippen LogP contribution in [0, 0.1) is 0 Å². The van der Waals surface area contributed by atoms with Gasteiger partial charge in [0.1, 0.15) is 0 Å². The summed E-state index contributed by atoms with van der Waals surface area (Å²) in [7, 11) is 0. The number of ether oxygens (including phenoxy) is 2. The van der Waals surface area contributed by atoms with Gasteiger partial charge in [-0.15, -0.1) is 0 Å². The van der Waals surface area contributed by atoms with Crippen LogP contribution in [-0.2, 0) is 4.74 Å². The van der Waals surface area contributed by atoms with Crippen molar-refractivity contribution in [2.45, 2.75) is 20.3 Å². The number of phenolic OH excluding ortho intramolecular Hbond substituents is 1. The van der Waals surface area contributed by atoms with Gasteiger partial charge < -0.3 is 14.6 Å². The lowest BCUT2D eigenvalue weighted by Crippen LogP contribution is -2.05. The average molecular weight is 224 g/mol. The quantitative estimate of drug-likeness (QED) is 0.780. The van der Waals surface area contributed by atoms with Crippen LogP contribution < -0.4 is 4.74 Å². The van der Waals surface area contributed by atoms with Crippen molar-refractivity contribution in [2.24, 2.45) is 0 Å². The summed E-state index contributed by atoms with van der Waals surface area (Å²) in [5.74, 6) is -0.0715. The third-order valence-corrected chi connectivity index (χ3v) is 1.93. The molecule has 0 aliphatic rings. The summed E-state index contributed by atoms with van der Waals surface area (Å²) in [4.78, 5) is 11.4. The van der Waals surface area contributed by atoms with E-state index in [1.54, 1.807) is 6.92 Å². The van der Waals surface area contributed by atoms with Crippen molar-refractivity contribution in [2.75, 3.05) is 13.2 Å². The molecule has 0 fully saturated rings. The summed E-state index contributed by atoms with van der Waals surface area (Å²) in [6, 6.07) is 4.42. The number of benzene rings is 1. The van der Waals surface area contributed by atoms with E-state index < -0.39 is 5.97 Å². The van der Waals surface area contributed by atoms with E-state index in [-0.39, 0.29) is 5.75 Å². The summed E-state index contributed by atoms with van der Waals surface area (Å²) in [6.45, 7) is 4.53. The lowest BCUT2D eigenvalue weighted by Gasteiger charge is -2.08. The lowest BCUT2D eigenvalue weighted by atomic mass is 10.2. The maximum atomic E-state index is 11.4. The molecule has 0 saturated carbocycles. The summed E-state index contributed by atoms with van der Waals surface area (Å²) in [5.41, 5.74) is 0.380. The molecule has 0 spiro atoms. The minimum Gasteiger partial charge on any atom is -0.504 e. The van der Waals surface area contributed by atoms with Crippen molar-refractivity contribution in [3.05, 3.63) is 23.8 Å². The third-order valence-electron chi connectivity index (χ3n) is 1.93. The highest BCUT2D eigenvalue weighted by molar-refractivity contribution is 5.90. The zero-order valence-electron chi connectivity index (χ0n) is 9.53. The van der Waals surface area contributed by atoms with Crippen LogP contribution in [-0.4, -0.2) is 24.3 Å². The van der Waals surface area contributed by atoms with E-state index in [2.05, 4.69) is 0 Å². The molecular formula is C12H16O4. The predicted octanol–water partition coefficient (Wildman–Crippen LogP) is 2.36. The Hall–Kier alpha value is -1.71. The maximum Gasteiger partial charge on any atom is 0.338 e. The fourth-order valence-corrected chi connectivity index (χ4v) is 1.18. The first-order valence-electron chi connectivity index (χ1n) is 5.32. The Morgan fingerprint density at radius 1 is 1.38 bits per heavy atom. The van der Waals surface area contributed by atoms with E-state index in [4.69, 9.17) is 9.47 Å². The molecule has 1 aromatic carbocycles. The number of esters is 1. The summed E-state index contributed by atoms with van der Waals surface area (Å²) < 4.78 is 10.1. The zero-order chi connectivity index (χ0) is 12.0. The largest absolute Gasteiger partial charge is 0.504 e. The molecular weight excluding hydrogens is 208 g/mol. The minimum atomic E-state index is -0.413. The number of carbonyl (C=O) groups is 1. The molecule has 0 saturated heterocycles. The topological polar surface area (TPSA) is 55.8 Å². The van der Waals surface area contributed by atoms with Gasteiger partial charge in [0.2, 0.25) is 0 Å². The Kier molecular flexibility index (Phi) is 4.64. The van der Waals surface area contributed by atoms with Gasteiger partial charge in [-0.25, -0.2) is 4.79 Å². The van der Waals surface area contributed by atoms with Gasteiger partial charge in [-0.1, -0.05) is 6.92 Å². The van der Waals surface area contributed by atoms with Crippen molar-refractivity contribution in [1.29, 1.82) is 0 Å². The second kappa shape index (κ2) is 6.00. The van der Waals surface area contributed by atoms with Gasteiger partial charge >= 0.3 is 5.97 Å². The van der Waals surface area contributed by atoms with E-state index in [0.29, 0.717) is 24.5 Å². The van der Waals surface area contributed by atoms with Gasteiger partial charge in [-0.2, -0.15) is 0 Å². The second-order valence-electron chi connectivity index (χ2n) is 3.25. The highest BCUT2D eigenvalue weighted by Gasteiger charge is 2.10. The fourth-order valence-electron chi connectivity index (χ4n) is 1.18. The normalized spacial score (nSPS) is 9.88. The number of hydrogen-bond donors (Lipinski definition) is 1. The van der Waals surface area contributed by atoms with Crippen LogP contribution in [0.3, 0.4) is 0 Å². The Morgan fingerprint density at radius 2 is 2.12 bits per heavy atom. The molecule has 88 valence electrons. The van der Waals surface area contributed by atoms with Crippen molar-refractivity contribution in [3.8, 4) is 11.5 Å². The SMILES string of the molecule is CCCOc1cc(C(=O)OCC)ccc1O. The number of carbonyl (C=O) groups excluding carboxylic acids is 1. The Morgan fingerprint density at radius 3 is 2.75 bits per heavy atom. The number of rotatable bonds is 5. The number of aromatic hydroxyl groups is 1. The second-order valence-corrected chi connectivity index (χ2v) is 3.25. The minimum absolute atomic E-state index is 0.0292. The van der Waals surface area contributed by atoms with Gasteiger partial charge in [0.25, 0.3) is 0 Å². The smallest absolute Gasteiger partial charge is 0.338 e. The molecule has 0 aromatic heterocycles. The third kappa shape index (κ3) is 3.15. The predicted molar refractivity (Wildman–Crippen MR) is 59.8 cm³/mol. The van der Waals surface area contributed by atoms with Crippen molar-refractivity contribution in [1.82, 2.24) is 0 Å². The zero-order valence-corrected chi connectivity index (χ0v) is 9.53. The van der Waals surface area contributed by atoms with Gasteiger partial charge in [0.15, 0.2) is 11.5 Å². The molecule has 1 aromatic rings. The molecule has 0 unspecified atom stereocenters. The van der Waals surface area contributed by atoms with Crippen LogP contribution in [0.2, 0.25) is 0 Å². The van der Waals surface area contributed by atoms with E-state index >= 15 is 0 Å². The Bertz CT molecular complexity index is 360. The van der Waals surface area contributed by atoms with Crippen LogP contribution >= 0.6 is 0 Å². The molecule has 4 nitrogen and oxygen atoms in total. The fraction of sp³-hybridized carbons (Fsp3) is 0.417. The van der Waals surface area contributed by atoms with Crippen LogP contribution in [0.15, 0.2) is 18.2 Å². The molecule has 0 atom stereocenters. The van der Waals surface area contributed by atoms with Crippen LogP contribution in [0.25, 0.3) is 0 Å². The van der Waals surface area contributed by atoms with E-state index in [0.717, 1.165) is 6.42 Å². The first-order chi connectivity index (χ1) is 7.69. The van der Waals surface area contributed by atoms with Crippen LogP contribution in [0.1, 0.15) is 30.6 Å². The molecule has 1 rings (SSSR count). The van der Waals surface area contributed by atoms with Gasteiger partial charge in [0, 0.05) is 0 Å². The van der Waals surface area contributed by atoms with E-state index in [1.807, 2.05) is 6.92 Å². The molecule has 0 aliphatic heterocycles. The van der Waals surface area contributed by atoms with Crippen molar-refractivity contribution in [3.63, 3.8) is 0 Å². The standard InChI is InChI=1S/C12H16O4/c1-3-7-16-11-8-9(5-6-10(11)13)12(14)15-4-2/h5-6,8,13H,3-4,7H2,1-2H3. The highest BCUT2D eigenvalue weighted by atomic mass is 16.5. The van der Waals surface area contributed by atoms with E-state index in [1.165, 1.54) is 18.2 Å². The van der Waals surface area contributed by atoms with Crippen molar-refractivity contribution >= 4 is 5.97 Å². The van der Waals surface area contributed by atoms with Gasteiger partial charge in [-0.3, -0.25) is 0 Å². The molecule has 16 heavy (non-hydrogen) atoms.